The van der Waals surface area contributed by atoms with Gasteiger partial charge in [0.1, 0.15) is 0 Å². The number of amides is 1. The number of carbonyl (C=O) groups is 2. The fraction of sp³-hybridized carbons (Fsp3) is 0.310. The summed E-state index contributed by atoms with van der Waals surface area (Å²) in [7, 11) is 0. The average molecular weight is 442 g/mol. The summed E-state index contributed by atoms with van der Waals surface area (Å²) in [4.78, 5) is 24.8. The van der Waals surface area contributed by atoms with Crippen molar-refractivity contribution >= 4 is 11.9 Å². The first-order chi connectivity index (χ1) is 16.1. The van der Waals surface area contributed by atoms with E-state index in [4.69, 9.17) is 4.74 Å². The summed E-state index contributed by atoms with van der Waals surface area (Å²) in [5.41, 5.74) is 8.36. The Morgan fingerprint density at radius 1 is 0.939 bits per heavy atom. The van der Waals surface area contributed by atoms with Crippen molar-refractivity contribution in [1.29, 1.82) is 0 Å². The minimum Gasteiger partial charge on any atom is -0.466 e. The van der Waals surface area contributed by atoms with Gasteiger partial charge in [0.2, 0.25) is 5.91 Å². The van der Waals surface area contributed by atoms with Crippen molar-refractivity contribution in [2.24, 2.45) is 0 Å². The third kappa shape index (κ3) is 5.16. The highest BCUT2D eigenvalue weighted by molar-refractivity contribution is 5.83. The Bertz CT molecular complexity index is 1130. The number of nitrogens with one attached hydrogen (secondary N) is 1. The molecular formula is C29H31NO3. The predicted molar refractivity (Wildman–Crippen MR) is 131 cm³/mol. The fourth-order valence-electron chi connectivity index (χ4n) is 4.67. The Labute approximate surface area is 196 Å². The third-order valence-corrected chi connectivity index (χ3v) is 6.40. The highest BCUT2D eigenvalue weighted by Crippen LogP contribution is 2.38. The van der Waals surface area contributed by atoms with Gasteiger partial charge in [-0.05, 0) is 65.1 Å². The van der Waals surface area contributed by atoms with Crippen molar-refractivity contribution in [2.75, 3.05) is 13.2 Å². The van der Waals surface area contributed by atoms with Gasteiger partial charge >= 0.3 is 5.97 Å². The molecule has 0 radical (unpaired) electrons. The lowest BCUT2D eigenvalue weighted by atomic mass is 9.95. The molecule has 1 atom stereocenters. The molecule has 0 heterocycles. The number of benzene rings is 3. The Kier molecular flexibility index (Phi) is 7.23. The Hall–Kier alpha value is -3.40. The summed E-state index contributed by atoms with van der Waals surface area (Å²) < 4.78 is 5.18. The fourth-order valence-corrected chi connectivity index (χ4v) is 4.67. The zero-order valence-electron chi connectivity index (χ0n) is 19.4. The van der Waals surface area contributed by atoms with Crippen LogP contribution in [0.25, 0.3) is 11.1 Å². The van der Waals surface area contributed by atoms with E-state index in [1.54, 1.807) is 0 Å². The number of carbonyl (C=O) groups excluding carboxylic acids is 2. The Morgan fingerprint density at radius 3 is 2.45 bits per heavy atom. The van der Waals surface area contributed by atoms with Crippen LogP contribution in [0, 0.1) is 0 Å². The minimum atomic E-state index is -0.225. The van der Waals surface area contributed by atoms with E-state index in [0.717, 1.165) is 29.5 Å². The molecule has 0 aliphatic heterocycles. The molecule has 1 aliphatic carbocycles. The number of fused-ring (bicyclic) bond motifs is 3. The van der Waals surface area contributed by atoms with Gasteiger partial charge in [0.15, 0.2) is 0 Å². The second-order valence-electron chi connectivity index (χ2n) is 8.51. The van der Waals surface area contributed by atoms with Crippen molar-refractivity contribution < 1.29 is 14.3 Å². The maximum absolute atomic E-state index is 12.6. The van der Waals surface area contributed by atoms with E-state index in [0.29, 0.717) is 26.0 Å². The van der Waals surface area contributed by atoms with Gasteiger partial charge in [-0.2, -0.15) is 0 Å². The van der Waals surface area contributed by atoms with E-state index in [9.17, 15) is 9.59 Å². The molecule has 3 aromatic carbocycles. The summed E-state index contributed by atoms with van der Waals surface area (Å²) in [5.74, 6) is -0.350. The van der Waals surface area contributed by atoms with Gasteiger partial charge in [-0.1, -0.05) is 73.7 Å². The van der Waals surface area contributed by atoms with Gasteiger partial charge < -0.3 is 10.1 Å². The Balaban J connectivity index is 1.31. The van der Waals surface area contributed by atoms with Crippen LogP contribution in [0.2, 0.25) is 0 Å². The monoisotopic (exact) mass is 441 g/mol. The van der Waals surface area contributed by atoms with E-state index in [1.165, 1.54) is 22.3 Å². The molecule has 0 saturated heterocycles. The van der Waals surface area contributed by atoms with Crippen molar-refractivity contribution in [1.82, 2.24) is 5.32 Å². The second-order valence-corrected chi connectivity index (χ2v) is 8.51. The number of hydrogen-bond donors (Lipinski definition) is 1. The number of ether oxygens (including phenoxy) is 1. The summed E-state index contributed by atoms with van der Waals surface area (Å²) in [6.07, 6.45) is 2.75. The molecule has 0 aromatic heterocycles. The molecule has 1 aliphatic rings. The highest BCUT2D eigenvalue weighted by Gasteiger charge is 2.21. The molecule has 4 nitrogen and oxygen atoms in total. The average Bonchev–Trinajstić information content (AvgIpc) is 3.21. The number of esters is 1. The van der Waals surface area contributed by atoms with Crippen LogP contribution in [0.4, 0.5) is 0 Å². The number of rotatable bonds is 9. The van der Waals surface area contributed by atoms with E-state index < -0.39 is 0 Å². The van der Waals surface area contributed by atoms with E-state index >= 15 is 0 Å². The lowest BCUT2D eigenvalue weighted by molar-refractivity contribution is -0.145. The van der Waals surface area contributed by atoms with Crippen LogP contribution < -0.4 is 5.32 Å². The van der Waals surface area contributed by atoms with Crippen LogP contribution in [0.1, 0.15) is 54.0 Å². The number of hydrogen-bond acceptors (Lipinski definition) is 3. The molecule has 1 N–H and O–H groups in total. The Morgan fingerprint density at radius 2 is 1.70 bits per heavy atom. The minimum absolute atomic E-state index is 0.0457. The normalized spacial score (nSPS) is 12.5. The molecule has 4 rings (SSSR count). The van der Waals surface area contributed by atoms with Gasteiger partial charge in [-0.3, -0.25) is 9.59 Å². The van der Waals surface area contributed by atoms with Crippen LogP contribution in [0.3, 0.4) is 0 Å². The predicted octanol–water partition coefficient (Wildman–Crippen LogP) is 5.22. The van der Waals surface area contributed by atoms with Crippen molar-refractivity contribution in [3.05, 3.63) is 94.5 Å². The molecule has 1 unspecified atom stereocenters. The molecule has 0 spiro atoms. The van der Waals surface area contributed by atoms with Gasteiger partial charge in [0, 0.05) is 6.54 Å². The maximum atomic E-state index is 12.6. The highest BCUT2D eigenvalue weighted by atomic mass is 16.5. The first-order valence-electron chi connectivity index (χ1n) is 11.8. The first-order valence-corrected chi connectivity index (χ1v) is 11.8. The van der Waals surface area contributed by atoms with E-state index in [2.05, 4.69) is 41.7 Å². The van der Waals surface area contributed by atoms with Crippen LogP contribution in [0.15, 0.2) is 66.7 Å². The van der Waals surface area contributed by atoms with Gasteiger partial charge in [-0.25, -0.2) is 0 Å². The summed E-state index contributed by atoms with van der Waals surface area (Å²) >= 11 is 0. The summed E-state index contributed by atoms with van der Waals surface area (Å²) in [6.45, 7) is 4.80. The molecule has 3 aromatic rings. The molecule has 0 saturated carbocycles. The smallest absolute Gasteiger partial charge is 0.313 e. The van der Waals surface area contributed by atoms with Crippen LogP contribution in [-0.2, 0) is 33.6 Å². The van der Waals surface area contributed by atoms with E-state index in [-0.39, 0.29) is 17.8 Å². The van der Waals surface area contributed by atoms with Crippen molar-refractivity contribution in [3.8, 4) is 11.1 Å². The zero-order valence-corrected chi connectivity index (χ0v) is 19.4. The molecule has 4 heteroatoms. The lowest BCUT2D eigenvalue weighted by Crippen LogP contribution is -2.27. The van der Waals surface area contributed by atoms with Gasteiger partial charge in [0.25, 0.3) is 0 Å². The van der Waals surface area contributed by atoms with Crippen LogP contribution in [0.5, 0.6) is 0 Å². The summed E-state index contributed by atoms with van der Waals surface area (Å²) in [5, 5.41) is 3.06. The van der Waals surface area contributed by atoms with Gasteiger partial charge in [0.05, 0.1) is 18.9 Å². The van der Waals surface area contributed by atoms with Crippen LogP contribution >= 0.6 is 0 Å². The topological polar surface area (TPSA) is 55.4 Å². The molecule has 1 amide bonds. The third-order valence-electron chi connectivity index (χ3n) is 6.40. The largest absolute Gasteiger partial charge is 0.466 e. The summed E-state index contributed by atoms with van der Waals surface area (Å²) in [6, 6.07) is 22.8. The standard InChI is InChI=1S/C29H31NO3/c1-3-24(29(32)33-4-2)21-14-12-20(13-15-21)16-17-30-28(31)19-23-9-7-11-26-25-10-6-5-8-22(25)18-27(23)26/h5-15,24H,3-4,16-19H2,1-2H3,(H,30,31). The van der Waals surface area contributed by atoms with Gasteiger partial charge in [-0.15, -0.1) is 0 Å². The van der Waals surface area contributed by atoms with Crippen molar-refractivity contribution in [2.45, 2.75) is 45.4 Å². The SMILES string of the molecule is CCOC(=O)C(CC)c1ccc(CCNC(=O)Cc2cccc3c2Cc2ccccc2-3)cc1. The first kappa shape index (κ1) is 22.8. The van der Waals surface area contributed by atoms with Crippen LogP contribution in [-0.4, -0.2) is 25.0 Å². The van der Waals surface area contributed by atoms with Crippen molar-refractivity contribution in [3.63, 3.8) is 0 Å². The quantitative estimate of drug-likeness (QED) is 0.363. The molecule has 0 fully saturated rings. The molecule has 170 valence electrons. The molecular weight excluding hydrogens is 410 g/mol. The molecule has 33 heavy (non-hydrogen) atoms. The lowest BCUT2D eigenvalue weighted by Gasteiger charge is -2.14. The zero-order chi connectivity index (χ0) is 23.2. The molecule has 0 bridgehead atoms. The van der Waals surface area contributed by atoms with E-state index in [1.807, 2.05) is 44.2 Å². The second kappa shape index (κ2) is 10.5. The maximum Gasteiger partial charge on any atom is 0.313 e.